The molecule has 0 saturated heterocycles. The smallest absolute Gasteiger partial charge is 0.312 e. The Labute approximate surface area is 82.0 Å². The number of methoxy groups -OCH3 is 1. The SMILES string of the molecule is CCC(NC(N)=O)[SiH2]CCCOC. The second-order valence-corrected chi connectivity index (χ2v) is 5.37. The number of urea groups is 1. The Hall–Kier alpha value is -0.553. The van der Waals surface area contributed by atoms with Crippen LogP contribution in [0.3, 0.4) is 0 Å². The van der Waals surface area contributed by atoms with E-state index in [1.807, 2.05) is 0 Å². The first-order valence-corrected chi connectivity index (χ1v) is 6.57. The number of ether oxygens (including phenoxy) is 1. The first kappa shape index (κ1) is 12.4. The van der Waals surface area contributed by atoms with Crippen molar-refractivity contribution in [2.24, 2.45) is 5.73 Å². The summed E-state index contributed by atoms with van der Waals surface area (Å²) in [6, 6.07) is 0.804. The molecule has 0 aromatic heterocycles. The van der Waals surface area contributed by atoms with Crippen LogP contribution in [0.5, 0.6) is 0 Å². The Morgan fingerprint density at radius 1 is 1.69 bits per heavy atom. The fourth-order valence-electron chi connectivity index (χ4n) is 1.22. The van der Waals surface area contributed by atoms with E-state index in [4.69, 9.17) is 10.5 Å². The monoisotopic (exact) mass is 204 g/mol. The minimum Gasteiger partial charge on any atom is -0.385 e. The molecule has 78 valence electrons. The number of nitrogens with one attached hydrogen (secondary N) is 1. The highest BCUT2D eigenvalue weighted by atomic mass is 28.2. The highest BCUT2D eigenvalue weighted by Crippen LogP contribution is 1.96. The number of carbonyl (C=O) groups is 1. The van der Waals surface area contributed by atoms with E-state index in [9.17, 15) is 4.79 Å². The maximum Gasteiger partial charge on any atom is 0.312 e. The van der Waals surface area contributed by atoms with E-state index >= 15 is 0 Å². The molecular formula is C8H20N2O2Si. The van der Waals surface area contributed by atoms with Crippen molar-refractivity contribution < 1.29 is 9.53 Å². The minimum atomic E-state index is -0.397. The first-order valence-electron chi connectivity index (χ1n) is 4.75. The largest absolute Gasteiger partial charge is 0.385 e. The van der Waals surface area contributed by atoms with Gasteiger partial charge in [-0.15, -0.1) is 0 Å². The average Bonchev–Trinajstić information content (AvgIpc) is 2.09. The maximum absolute atomic E-state index is 10.6. The predicted molar refractivity (Wildman–Crippen MR) is 56.6 cm³/mol. The van der Waals surface area contributed by atoms with Gasteiger partial charge in [-0.2, -0.15) is 0 Å². The molecule has 3 N–H and O–H groups in total. The minimum absolute atomic E-state index is 0.230. The van der Waals surface area contributed by atoms with Gasteiger partial charge in [0.15, 0.2) is 0 Å². The van der Waals surface area contributed by atoms with E-state index in [-0.39, 0.29) is 9.52 Å². The van der Waals surface area contributed by atoms with Crippen molar-refractivity contribution in [1.29, 1.82) is 0 Å². The zero-order valence-corrected chi connectivity index (χ0v) is 9.92. The van der Waals surface area contributed by atoms with Gasteiger partial charge in [-0.1, -0.05) is 13.0 Å². The van der Waals surface area contributed by atoms with Crippen LogP contribution in [-0.2, 0) is 4.74 Å². The molecule has 0 aromatic rings. The van der Waals surface area contributed by atoms with Crippen LogP contribution in [-0.4, -0.2) is 34.9 Å². The van der Waals surface area contributed by atoms with Crippen molar-refractivity contribution in [1.82, 2.24) is 5.32 Å². The third-order valence-electron chi connectivity index (χ3n) is 1.99. The van der Waals surface area contributed by atoms with E-state index in [1.54, 1.807) is 7.11 Å². The Morgan fingerprint density at radius 3 is 2.85 bits per heavy atom. The summed E-state index contributed by atoms with van der Waals surface area (Å²) in [5.41, 5.74) is 5.40. The lowest BCUT2D eigenvalue weighted by Crippen LogP contribution is -2.41. The van der Waals surface area contributed by atoms with E-state index in [1.165, 1.54) is 6.04 Å². The third kappa shape index (κ3) is 7.80. The van der Waals surface area contributed by atoms with Gasteiger partial charge in [-0.05, 0) is 12.8 Å². The topological polar surface area (TPSA) is 64.3 Å². The van der Waals surface area contributed by atoms with E-state index in [0.29, 0.717) is 5.67 Å². The van der Waals surface area contributed by atoms with Crippen molar-refractivity contribution in [2.45, 2.75) is 31.5 Å². The highest BCUT2D eigenvalue weighted by Gasteiger charge is 2.07. The molecule has 0 heterocycles. The molecule has 1 unspecified atom stereocenters. The molecule has 0 fully saturated rings. The van der Waals surface area contributed by atoms with Gasteiger partial charge in [0, 0.05) is 28.9 Å². The van der Waals surface area contributed by atoms with E-state index in [0.717, 1.165) is 19.4 Å². The van der Waals surface area contributed by atoms with Crippen molar-refractivity contribution >= 4 is 15.6 Å². The van der Waals surface area contributed by atoms with E-state index < -0.39 is 6.03 Å². The van der Waals surface area contributed by atoms with Gasteiger partial charge < -0.3 is 15.8 Å². The summed E-state index contributed by atoms with van der Waals surface area (Å²) in [5, 5.41) is 2.77. The molecule has 0 rings (SSSR count). The number of nitrogens with two attached hydrogens (primary N) is 1. The Bertz CT molecular complexity index is 144. The lowest BCUT2D eigenvalue weighted by Gasteiger charge is -2.14. The van der Waals surface area contributed by atoms with Crippen LogP contribution in [0, 0.1) is 0 Å². The Kier molecular flexibility index (Phi) is 7.72. The molecule has 2 amide bonds. The zero-order valence-electron chi connectivity index (χ0n) is 8.51. The lowest BCUT2D eigenvalue weighted by molar-refractivity contribution is 0.199. The summed E-state index contributed by atoms with van der Waals surface area (Å²) >= 11 is 0. The summed E-state index contributed by atoms with van der Waals surface area (Å²) in [6.07, 6.45) is 2.09. The van der Waals surface area contributed by atoms with Gasteiger partial charge >= 0.3 is 6.03 Å². The number of hydrogen-bond donors (Lipinski definition) is 2. The van der Waals surface area contributed by atoms with Crippen molar-refractivity contribution in [3.8, 4) is 0 Å². The molecule has 1 atom stereocenters. The molecule has 13 heavy (non-hydrogen) atoms. The zero-order chi connectivity index (χ0) is 10.1. The molecule has 0 radical (unpaired) electrons. The summed E-state index contributed by atoms with van der Waals surface area (Å²) < 4.78 is 4.95. The summed E-state index contributed by atoms with van der Waals surface area (Å²) in [4.78, 5) is 10.6. The van der Waals surface area contributed by atoms with Gasteiger partial charge in [-0.25, -0.2) is 4.79 Å². The Balaban J connectivity index is 3.42. The summed E-state index contributed by atoms with van der Waals surface area (Å²) in [7, 11) is 1.48. The Morgan fingerprint density at radius 2 is 2.38 bits per heavy atom. The molecule has 0 bridgehead atoms. The van der Waals surface area contributed by atoms with Crippen molar-refractivity contribution in [2.75, 3.05) is 13.7 Å². The van der Waals surface area contributed by atoms with Crippen LogP contribution in [0.25, 0.3) is 0 Å². The molecule has 0 aromatic carbocycles. The normalized spacial score (nSPS) is 13.4. The number of rotatable bonds is 7. The van der Waals surface area contributed by atoms with Crippen molar-refractivity contribution in [3.63, 3.8) is 0 Å². The average molecular weight is 204 g/mol. The van der Waals surface area contributed by atoms with Crippen molar-refractivity contribution in [3.05, 3.63) is 0 Å². The molecule has 0 aliphatic carbocycles. The molecule has 0 aliphatic heterocycles. The molecule has 0 aliphatic rings. The summed E-state index contributed by atoms with van der Waals surface area (Å²) in [6.45, 7) is 2.89. The third-order valence-corrected chi connectivity index (χ3v) is 4.38. The van der Waals surface area contributed by atoms with Gasteiger partial charge in [-0.3, -0.25) is 0 Å². The predicted octanol–water partition coefficient (Wildman–Crippen LogP) is 0.0144. The fraction of sp³-hybridized carbons (Fsp3) is 0.875. The molecule has 4 nitrogen and oxygen atoms in total. The summed E-state index contributed by atoms with van der Waals surface area (Å²) in [5.74, 6) is 0. The van der Waals surface area contributed by atoms with Crippen LogP contribution in [0.1, 0.15) is 19.8 Å². The number of hydrogen-bond acceptors (Lipinski definition) is 2. The lowest BCUT2D eigenvalue weighted by atomic mass is 10.5. The molecule has 5 heteroatoms. The quantitative estimate of drug-likeness (QED) is 0.453. The van der Waals surface area contributed by atoms with Gasteiger partial charge in [0.25, 0.3) is 0 Å². The van der Waals surface area contributed by atoms with Crippen LogP contribution in [0.4, 0.5) is 4.79 Å². The van der Waals surface area contributed by atoms with Crippen LogP contribution in [0.15, 0.2) is 0 Å². The standard InChI is InChI=1S/C8H20N2O2Si/c1-3-7(10-8(9)11)13-6-4-5-12-2/h7H,3-6,13H2,1-2H3,(H3,9,10,11). The maximum atomic E-state index is 10.6. The molecular weight excluding hydrogens is 184 g/mol. The van der Waals surface area contributed by atoms with Crippen LogP contribution >= 0.6 is 0 Å². The second-order valence-electron chi connectivity index (χ2n) is 3.10. The van der Waals surface area contributed by atoms with Gasteiger partial charge in [0.1, 0.15) is 0 Å². The van der Waals surface area contributed by atoms with Crippen LogP contribution < -0.4 is 11.1 Å². The number of carbonyl (C=O) groups excluding carboxylic acids is 1. The van der Waals surface area contributed by atoms with Crippen LogP contribution in [0.2, 0.25) is 6.04 Å². The van der Waals surface area contributed by atoms with Gasteiger partial charge in [0.05, 0.1) is 0 Å². The van der Waals surface area contributed by atoms with E-state index in [2.05, 4.69) is 12.2 Å². The second kappa shape index (κ2) is 8.06. The first-order chi connectivity index (χ1) is 6.20. The number of primary amides is 1. The number of amides is 2. The highest BCUT2D eigenvalue weighted by molar-refractivity contribution is 6.38. The molecule has 0 spiro atoms. The van der Waals surface area contributed by atoms with Gasteiger partial charge in [0.2, 0.25) is 0 Å². The fourth-order valence-corrected chi connectivity index (χ4v) is 2.96. The molecule has 0 saturated carbocycles.